The topological polar surface area (TPSA) is 47.4 Å². The van der Waals surface area contributed by atoms with E-state index in [1.165, 1.54) is 17.0 Å². The average Bonchev–Trinajstić information content (AvgIpc) is 3.29. The third-order valence-electron chi connectivity index (χ3n) is 5.25. The van der Waals surface area contributed by atoms with Crippen LogP contribution in [0.25, 0.3) is 11.3 Å². The molecular formula is C22H25N3O2S. The Kier molecular flexibility index (Phi) is 5.59. The van der Waals surface area contributed by atoms with Crippen molar-refractivity contribution in [2.75, 3.05) is 26.3 Å². The second kappa shape index (κ2) is 8.29. The van der Waals surface area contributed by atoms with Gasteiger partial charge in [0.2, 0.25) is 5.91 Å². The van der Waals surface area contributed by atoms with Gasteiger partial charge < -0.3 is 14.2 Å². The Bertz CT molecular complexity index is 956. The van der Waals surface area contributed by atoms with Crippen LogP contribution in [0.2, 0.25) is 0 Å². The van der Waals surface area contributed by atoms with E-state index < -0.39 is 0 Å². The Morgan fingerprint density at radius 2 is 1.93 bits per heavy atom. The van der Waals surface area contributed by atoms with Crippen LogP contribution in [0.5, 0.6) is 0 Å². The molecule has 1 aliphatic heterocycles. The predicted molar refractivity (Wildman–Crippen MR) is 112 cm³/mol. The zero-order valence-corrected chi connectivity index (χ0v) is 17.2. The second-order valence-corrected chi connectivity index (χ2v) is 8.10. The summed E-state index contributed by atoms with van der Waals surface area (Å²) in [6, 6.07) is 12.7. The van der Waals surface area contributed by atoms with Crippen molar-refractivity contribution in [2.24, 2.45) is 0 Å². The number of morpholine rings is 1. The number of ether oxygens (including phenoxy) is 1. The number of benzene rings is 1. The number of amides is 1. The molecule has 1 aromatic carbocycles. The summed E-state index contributed by atoms with van der Waals surface area (Å²) in [4.78, 5) is 19.1. The first kappa shape index (κ1) is 18.9. The number of hydrogen-bond acceptors (Lipinski definition) is 4. The minimum atomic E-state index is 0.138. The fourth-order valence-corrected chi connectivity index (χ4v) is 4.42. The number of carbonyl (C=O) groups is 1. The zero-order valence-electron chi connectivity index (χ0n) is 16.4. The molecule has 1 aliphatic rings. The highest BCUT2D eigenvalue weighted by molar-refractivity contribution is 7.10. The van der Waals surface area contributed by atoms with Crippen molar-refractivity contribution in [3.05, 3.63) is 63.7 Å². The lowest BCUT2D eigenvalue weighted by Crippen LogP contribution is -2.41. The number of aromatic nitrogens is 2. The molecule has 0 N–H and O–H groups in total. The normalized spacial score (nSPS) is 14.4. The van der Waals surface area contributed by atoms with Gasteiger partial charge in [0.05, 0.1) is 25.3 Å². The minimum Gasteiger partial charge on any atom is -0.378 e. The number of thiazole rings is 1. The summed E-state index contributed by atoms with van der Waals surface area (Å²) in [6.07, 6.45) is 0.368. The molecule has 3 aromatic rings. The Morgan fingerprint density at radius 1 is 1.18 bits per heavy atom. The Morgan fingerprint density at radius 3 is 2.68 bits per heavy atom. The van der Waals surface area contributed by atoms with Gasteiger partial charge in [0.15, 0.2) is 0 Å². The van der Waals surface area contributed by atoms with Crippen LogP contribution >= 0.6 is 11.3 Å². The summed E-state index contributed by atoms with van der Waals surface area (Å²) < 4.78 is 7.64. The molecule has 6 heteroatoms. The highest BCUT2D eigenvalue weighted by atomic mass is 32.1. The van der Waals surface area contributed by atoms with Crippen molar-refractivity contribution < 1.29 is 9.53 Å². The maximum atomic E-state index is 12.5. The van der Waals surface area contributed by atoms with Gasteiger partial charge in [-0.15, -0.1) is 11.3 Å². The molecule has 2 aromatic heterocycles. The van der Waals surface area contributed by atoms with E-state index >= 15 is 0 Å². The molecular weight excluding hydrogens is 370 g/mol. The van der Waals surface area contributed by atoms with Crippen LogP contribution in [0.15, 0.2) is 41.8 Å². The van der Waals surface area contributed by atoms with Crippen LogP contribution in [-0.4, -0.2) is 46.7 Å². The van der Waals surface area contributed by atoms with Gasteiger partial charge in [0.1, 0.15) is 5.01 Å². The van der Waals surface area contributed by atoms with Crippen molar-refractivity contribution in [3.8, 4) is 11.3 Å². The molecule has 0 bridgehead atoms. The minimum absolute atomic E-state index is 0.138. The smallest absolute Gasteiger partial charge is 0.229 e. The molecule has 0 radical (unpaired) electrons. The lowest BCUT2D eigenvalue weighted by molar-refractivity contribution is -0.134. The van der Waals surface area contributed by atoms with Crippen LogP contribution in [0.4, 0.5) is 0 Å². The fraction of sp³-hybridized carbons (Fsp3) is 0.364. The van der Waals surface area contributed by atoms with E-state index in [2.05, 4.69) is 54.1 Å². The number of nitrogens with zero attached hydrogens (tertiary/aromatic N) is 3. The number of aryl methyl sites for hydroxylation is 1. The van der Waals surface area contributed by atoms with E-state index in [9.17, 15) is 4.79 Å². The molecule has 0 saturated carbocycles. The lowest BCUT2D eigenvalue weighted by atomic mass is 10.2. The molecule has 1 fully saturated rings. The Labute approximate surface area is 169 Å². The van der Waals surface area contributed by atoms with Crippen LogP contribution < -0.4 is 0 Å². The van der Waals surface area contributed by atoms with Gasteiger partial charge in [-0.1, -0.05) is 30.3 Å². The van der Waals surface area contributed by atoms with Gasteiger partial charge >= 0.3 is 0 Å². The quantitative estimate of drug-likeness (QED) is 0.662. The second-order valence-electron chi connectivity index (χ2n) is 7.15. The van der Waals surface area contributed by atoms with Crippen LogP contribution in [0.1, 0.15) is 22.0 Å². The largest absolute Gasteiger partial charge is 0.378 e. The molecule has 3 heterocycles. The van der Waals surface area contributed by atoms with E-state index in [-0.39, 0.29) is 5.91 Å². The van der Waals surface area contributed by atoms with Crippen LogP contribution in [0.3, 0.4) is 0 Å². The Hall–Kier alpha value is -2.44. The molecule has 5 nitrogen and oxygen atoms in total. The average molecular weight is 396 g/mol. The number of rotatable bonds is 5. The molecule has 0 aliphatic carbocycles. The van der Waals surface area contributed by atoms with Gasteiger partial charge in [-0.3, -0.25) is 4.79 Å². The van der Waals surface area contributed by atoms with E-state index in [4.69, 9.17) is 9.72 Å². The summed E-state index contributed by atoms with van der Waals surface area (Å²) in [6.45, 7) is 7.74. The van der Waals surface area contributed by atoms with Crippen LogP contribution in [0, 0.1) is 13.8 Å². The van der Waals surface area contributed by atoms with Crippen molar-refractivity contribution in [1.82, 2.24) is 14.5 Å². The monoisotopic (exact) mass is 395 g/mol. The maximum absolute atomic E-state index is 12.5. The standard InChI is InChI=1S/C22H25N3O2S/c1-16-12-19(17(2)25(16)14-18-6-4-3-5-7-18)20-15-28-21(23-20)13-22(26)24-8-10-27-11-9-24/h3-7,12,15H,8-11,13-14H2,1-2H3. The molecule has 4 rings (SSSR count). The van der Waals surface area contributed by atoms with Crippen molar-refractivity contribution in [1.29, 1.82) is 0 Å². The highest BCUT2D eigenvalue weighted by Crippen LogP contribution is 2.29. The molecule has 146 valence electrons. The molecule has 1 saturated heterocycles. The van der Waals surface area contributed by atoms with Gasteiger partial charge in [-0.05, 0) is 25.5 Å². The van der Waals surface area contributed by atoms with E-state index in [0.717, 1.165) is 22.8 Å². The summed E-state index contributed by atoms with van der Waals surface area (Å²) in [5.74, 6) is 0.138. The van der Waals surface area contributed by atoms with Gasteiger partial charge in [0.25, 0.3) is 0 Å². The Balaban J connectivity index is 1.50. The highest BCUT2D eigenvalue weighted by Gasteiger charge is 2.19. The SMILES string of the molecule is Cc1cc(-c2csc(CC(=O)N3CCOCC3)n2)c(C)n1Cc1ccccc1. The van der Waals surface area contributed by atoms with Crippen LogP contribution in [-0.2, 0) is 22.5 Å². The summed E-state index contributed by atoms with van der Waals surface area (Å²) in [7, 11) is 0. The third-order valence-corrected chi connectivity index (χ3v) is 6.10. The molecule has 0 unspecified atom stereocenters. The summed E-state index contributed by atoms with van der Waals surface area (Å²) in [5, 5.41) is 2.94. The first-order chi connectivity index (χ1) is 13.6. The molecule has 0 spiro atoms. The van der Waals surface area contributed by atoms with Crippen molar-refractivity contribution in [2.45, 2.75) is 26.8 Å². The summed E-state index contributed by atoms with van der Waals surface area (Å²) in [5.41, 5.74) is 5.82. The lowest BCUT2D eigenvalue weighted by Gasteiger charge is -2.26. The first-order valence-corrected chi connectivity index (χ1v) is 10.5. The maximum Gasteiger partial charge on any atom is 0.229 e. The fourth-order valence-electron chi connectivity index (χ4n) is 3.64. The number of carbonyl (C=O) groups excluding carboxylic acids is 1. The number of hydrogen-bond donors (Lipinski definition) is 0. The van der Waals surface area contributed by atoms with E-state index in [1.54, 1.807) is 11.3 Å². The van der Waals surface area contributed by atoms with Gasteiger partial charge in [-0.25, -0.2) is 4.98 Å². The zero-order chi connectivity index (χ0) is 19.5. The van der Waals surface area contributed by atoms with Crippen molar-refractivity contribution in [3.63, 3.8) is 0 Å². The van der Waals surface area contributed by atoms with Gasteiger partial charge in [0, 0.05) is 42.0 Å². The van der Waals surface area contributed by atoms with Gasteiger partial charge in [-0.2, -0.15) is 0 Å². The molecule has 28 heavy (non-hydrogen) atoms. The van der Waals surface area contributed by atoms with E-state index in [0.29, 0.717) is 32.7 Å². The first-order valence-electron chi connectivity index (χ1n) is 9.63. The predicted octanol–water partition coefficient (Wildman–Crippen LogP) is 3.68. The molecule has 1 amide bonds. The molecule has 0 atom stereocenters. The van der Waals surface area contributed by atoms with E-state index in [1.807, 2.05) is 11.0 Å². The third kappa shape index (κ3) is 4.03. The van der Waals surface area contributed by atoms with Crippen molar-refractivity contribution >= 4 is 17.2 Å². The summed E-state index contributed by atoms with van der Waals surface area (Å²) >= 11 is 1.57.